The monoisotopic (exact) mass is 533 g/mol. The zero-order chi connectivity index (χ0) is 27.3. The third-order valence-corrected chi connectivity index (χ3v) is 8.98. The van der Waals surface area contributed by atoms with Crippen LogP contribution < -0.4 is 10.5 Å². The van der Waals surface area contributed by atoms with Crippen molar-refractivity contribution in [1.29, 1.82) is 0 Å². The maximum Gasteiger partial charge on any atom is 0.338 e. The molecule has 3 heterocycles. The summed E-state index contributed by atoms with van der Waals surface area (Å²) in [4.78, 5) is 32.5. The van der Waals surface area contributed by atoms with Crippen molar-refractivity contribution < 1.29 is 28.5 Å². The molecule has 9 heteroatoms. The van der Waals surface area contributed by atoms with Crippen molar-refractivity contribution in [1.82, 2.24) is 9.88 Å². The van der Waals surface area contributed by atoms with Gasteiger partial charge in [-0.3, -0.25) is 9.69 Å². The number of piperidine rings is 1. The van der Waals surface area contributed by atoms with Crippen LogP contribution in [0.5, 0.6) is 5.75 Å². The van der Waals surface area contributed by atoms with E-state index >= 15 is 0 Å². The molecule has 1 aromatic heterocycles. The number of carbonyl (C=O) groups is 2. The largest absolute Gasteiger partial charge is 0.497 e. The van der Waals surface area contributed by atoms with Crippen molar-refractivity contribution in [3.8, 4) is 5.75 Å². The summed E-state index contributed by atoms with van der Waals surface area (Å²) in [5.74, 6) is -0.344. The van der Waals surface area contributed by atoms with E-state index in [-0.39, 0.29) is 23.8 Å². The minimum atomic E-state index is -0.606. The maximum absolute atomic E-state index is 13.3. The summed E-state index contributed by atoms with van der Waals surface area (Å²) in [5.41, 5.74) is 10.4. The molecule has 6 rings (SSSR count). The van der Waals surface area contributed by atoms with Crippen molar-refractivity contribution in [3.05, 3.63) is 59.3 Å². The fourth-order valence-corrected chi connectivity index (χ4v) is 7.23. The van der Waals surface area contributed by atoms with Crippen molar-refractivity contribution in [2.75, 3.05) is 40.2 Å². The molecule has 2 aromatic carbocycles. The van der Waals surface area contributed by atoms with Crippen LogP contribution in [0.1, 0.15) is 40.5 Å². The lowest BCUT2D eigenvalue weighted by atomic mass is 9.63. The normalized spacial score (nSPS) is 28.2. The van der Waals surface area contributed by atoms with Gasteiger partial charge >= 0.3 is 11.9 Å². The van der Waals surface area contributed by atoms with Gasteiger partial charge in [0.15, 0.2) is 0 Å². The molecule has 3 N–H and O–H groups in total. The van der Waals surface area contributed by atoms with Crippen molar-refractivity contribution in [3.63, 3.8) is 0 Å². The molecule has 6 unspecified atom stereocenters. The fourth-order valence-electron chi connectivity index (χ4n) is 7.23. The molecule has 6 atom stereocenters. The fraction of sp³-hybridized carbons (Fsp3) is 0.467. The first-order valence-electron chi connectivity index (χ1n) is 13.5. The topological polar surface area (TPSA) is 116 Å². The summed E-state index contributed by atoms with van der Waals surface area (Å²) < 4.78 is 22.6. The number of hydrogen-bond acceptors (Lipinski definition) is 8. The number of H-pyrrole nitrogens is 1. The predicted octanol–water partition coefficient (Wildman–Crippen LogP) is 3.73. The summed E-state index contributed by atoms with van der Waals surface area (Å²) in [6.07, 6.45) is 1.17. The van der Waals surface area contributed by atoms with Gasteiger partial charge in [-0.2, -0.15) is 0 Å². The number of nitrogen functional groups attached to an aromatic ring is 1. The molecule has 1 saturated heterocycles. The molecule has 1 aliphatic carbocycles. The van der Waals surface area contributed by atoms with Crippen LogP contribution in [0.15, 0.2) is 42.5 Å². The quantitative estimate of drug-likeness (QED) is 0.377. The van der Waals surface area contributed by atoms with Gasteiger partial charge in [-0.25, -0.2) is 4.79 Å². The highest BCUT2D eigenvalue weighted by Gasteiger charge is 2.54. The number of aromatic amines is 1. The number of aromatic nitrogens is 1. The number of esters is 2. The van der Waals surface area contributed by atoms with E-state index in [1.165, 1.54) is 23.8 Å². The second-order valence-corrected chi connectivity index (χ2v) is 10.9. The van der Waals surface area contributed by atoms with Crippen LogP contribution in [-0.4, -0.2) is 68.4 Å². The second-order valence-electron chi connectivity index (χ2n) is 10.9. The van der Waals surface area contributed by atoms with Crippen LogP contribution in [0.2, 0.25) is 0 Å². The second kappa shape index (κ2) is 10.2. The molecule has 0 radical (unpaired) electrons. The predicted molar refractivity (Wildman–Crippen MR) is 145 cm³/mol. The van der Waals surface area contributed by atoms with E-state index < -0.39 is 24.1 Å². The SMILES string of the molecule is COC(=O)C1C2CC3c4[nH]c5cc(OC)ccc5c4CCN3CC2CC(OC(=O)c2cccc(N)c2)C1OC. The number of nitrogens with zero attached hydrogens (tertiary/aromatic N) is 1. The summed E-state index contributed by atoms with van der Waals surface area (Å²) in [7, 11) is 4.65. The minimum Gasteiger partial charge on any atom is -0.497 e. The van der Waals surface area contributed by atoms with E-state index in [1.54, 1.807) is 38.5 Å². The standard InChI is InChI=1S/C30H35N3O6/c1-36-19-7-8-20-21-9-10-33-15-17-12-25(39-29(34)16-5-4-6-18(31)11-16)28(37-2)26(30(35)38-3)22(17)14-24(33)27(21)32-23(20)13-19/h4-8,11,13,17,22,24-26,28,32H,9-10,12,14-15,31H2,1-3H3. The first kappa shape index (κ1) is 25.7. The highest BCUT2D eigenvalue weighted by molar-refractivity contribution is 5.90. The maximum atomic E-state index is 13.3. The first-order chi connectivity index (χ1) is 18.9. The van der Waals surface area contributed by atoms with Crippen molar-refractivity contribution in [2.24, 2.45) is 17.8 Å². The molecule has 2 fully saturated rings. The van der Waals surface area contributed by atoms with Crippen LogP contribution in [0.25, 0.3) is 10.9 Å². The molecule has 3 aliphatic rings. The summed E-state index contributed by atoms with van der Waals surface area (Å²) in [5, 5.41) is 1.23. The van der Waals surface area contributed by atoms with Crippen molar-refractivity contribution >= 4 is 28.5 Å². The van der Waals surface area contributed by atoms with Crippen LogP contribution in [0.3, 0.4) is 0 Å². The molecule has 0 spiro atoms. The third kappa shape index (κ3) is 4.43. The number of nitrogens with one attached hydrogen (secondary N) is 1. The van der Waals surface area contributed by atoms with E-state index in [0.29, 0.717) is 17.7 Å². The smallest absolute Gasteiger partial charge is 0.338 e. The molecular formula is C30H35N3O6. The Bertz CT molecular complexity index is 1400. The lowest BCUT2D eigenvalue weighted by Crippen LogP contribution is -2.58. The van der Waals surface area contributed by atoms with Gasteiger partial charge in [0.2, 0.25) is 0 Å². The lowest BCUT2D eigenvalue weighted by molar-refractivity contribution is -0.176. The number of carbonyl (C=O) groups excluding carboxylic acids is 2. The number of hydrogen-bond donors (Lipinski definition) is 2. The van der Waals surface area contributed by atoms with Gasteiger partial charge in [0.05, 0.1) is 31.7 Å². The average Bonchev–Trinajstić information content (AvgIpc) is 3.33. The van der Waals surface area contributed by atoms with Gasteiger partial charge in [0.25, 0.3) is 0 Å². The first-order valence-corrected chi connectivity index (χ1v) is 13.5. The molecular weight excluding hydrogens is 498 g/mol. The van der Waals surface area contributed by atoms with Crippen LogP contribution in [0, 0.1) is 17.8 Å². The minimum absolute atomic E-state index is 0.0258. The van der Waals surface area contributed by atoms with Gasteiger partial charge in [-0.15, -0.1) is 0 Å². The number of rotatable bonds is 5. The van der Waals surface area contributed by atoms with Crippen LogP contribution in [0.4, 0.5) is 5.69 Å². The zero-order valence-electron chi connectivity index (χ0n) is 22.5. The summed E-state index contributed by atoms with van der Waals surface area (Å²) >= 11 is 0. The Morgan fingerprint density at radius 3 is 2.67 bits per heavy atom. The van der Waals surface area contributed by atoms with E-state index in [9.17, 15) is 9.59 Å². The van der Waals surface area contributed by atoms with E-state index in [1.807, 2.05) is 12.1 Å². The highest BCUT2D eigenvalue weighted by Crippen LogP contribution is 2.50. The van der Waals surface area contributed by atoms with Gasteiger partial charge in [0.1, 0.15) is 18.0 Å². The molecule has 0 bridgehead atoms. The lowest BCUT2D eigenvalue weighted by Gasteiger charge is -2.52. The van der Waals surface area contributed by atoms with Gasteiger partial charge < -0.3 is 29.7 Å². The van der Waals surface area contributed by atoms with Crippen LogP contribution >= 0.6 is 0 Å². The molecule has 9 nitrogen and oxygen atoms in total. The molecule has 2 aliphatic heterocycles. The number of anilines is 1. The number of nitrogens with two attached hydrogens (primary N) is 1. The Morgan fingerprint density at radius 1 is 1.08 bits per heavy atom. The highest BCUT2D eigenvalue weighted by atomic mass is 16.6. The third-order valence-electron chi connectivity index (χ3n) is 8.98. The van der Waals surface area contributed by atoms with E-state index in [0.717, 1.165) is 37.2 Å². The Hall–Kier alpha value is -3.56. The number of fused-ring (bicyclic) bond motifs is 6. The van der Waals surface area contributed by atoms with Gasteiger partial charge in [-0.05, 0) is 67.0 Å². The number of ether oxygens (including phenoxy) is 4. The molecule has 1 saturated carbocycles. The molecule has 3 aromatic rings. The van der Waals surface area contributed by atoms with E-state index in [4.69, 9.17) is 24.7 Å². The van der Waals surface area contributed by atoms with Crippen molar-refractivity contribution in [2.45, 2.75) is 37.5 Å². The zero-order valence-corrected chi connectivity index (χ0v) is 22.5. The number of benzene rings is 2. The molecule has 206 valence electrons. The Kier molecular flexibility index (Phi) is 6.72. The Morgan fingerprint density at radius 2 is 1.92 bits per heavy atom. The van der Waals surface area contributed by atoms with E-state index in [2.05, 4.69) is 16.0 Å². The summed E-state index contributed by atoms with van der Waals surface area (Å²) in [6.45, 7) is 1.74. The molecule has 39 heavy (non-hydrogen) atoms. The Labute approximate surface area is 227 Å². The Balaban J connectivity index is 1.31. The van der Waals surface area contributed by atoms with Gasteiger partial charge in [-0.1, -0.05) is 6.07 Å². The number of methoxy groups -OCH3 is 3. The summed E-state index contributed by atoms with van der Waals surface area (Å²) in [6, 6.07) is 13.0. The van der Waals surface area contributed by atoms with Gasteiger partial charge in [0, 0.05) is 48.5 Å². The molecule has 0 amide bonds. The van der Waals surface area contributed by atoms with Crippen LogP contribution in [-0.2, 0) is 25.4 Å². The average molecular weight is 534 g/mol.